The Kier molecular flexibility index (Phi) is 5.86. The van der Waals surface area contributed by atoms with Gasteiger partial charge in [0.1, 0.15) is 5.75 Å². The molecule has 0 saturated carbocycles. The standard InChI is InChI=1S/C24H22N2O2S/c1-2-28-20-14-12-18(13-15-20)16-23(27)26(17-19-8-4-3-5-9-19)24-25-21-10-6-7-11-22(21)29-24/h3-15H,2,16-17H2,1H3. The number of hydrogen-bond donors (Lipinski definition) is 0. The lowest BCUT2D eigenvalue weighted by atomic mass is 10.1. The molecule has 0 bridgehead atoms. The first-order valence-electron chi connectivity index (χ1n) is 9.64. The van der Waals surface area contributed by atoms with Crippen molar-refractivity contribution in [1.82, 2.24) is 4.98 Å². The first-order valence-corrected chi connectivity index (χ1v) is 10.5. The van der Waals surface area contributed by atoms with E-state index in [0.717, 1.165) is 32.2 Å². The van der Waals surface area contributed by atoms with Crippen molar-refractivity contribution in [1.29, 1.82) is 0 Å². The van der Waals surface area contributed by atoms with Gasteiger partial charge in [0, 0.05) is 0 Å². The number of ether oxygens (including phenoxy) is 1. The van der Waals surface area contributed by atoms with E-state index in [2.05, 4.69) is 0 Å². The van der Waals surface area contributed by atoms with Crippen LogP contribution in [0.5, 0.6) is 5.75 Å². The van der Waals surface area contributed by atoms with Crippen molar-refractivity contribution >= 4 is 32.6 Å². The number of para-hydroxylation sites is 1. The Labute approximate surface area is 174 Å². The van der Waals surface area contributed by atoms with E-state index in [1.54, 1.807) is 16.2 Å². The number of hydrogen-bond acceptors (Lipinski definition) is 4. The molecule has 0 spiro atoms. The van der Waals surface area contributed by atoms with E-state index in [1.807, 2.05) is 85.8 Å². The van der Waals surface area contributed by atoms with Crippen LogP contribution in [0.25, 0.3) is 10.2 Å². The second kappa shape index (κ2) is 8.88. The van der Waals surface area contributed by atoms with E-state index in [1.165, 1.54) is 0 Å². The third kappa shape index (κ3) is 4.63. The van der Waals surface area contributed by atoms with Gasteiger partial charge in [0.2, 0.25) is 5.91 Å². The molecule has 4 nitrogen and oxygen atoms in total. The number of rotatable bonds is 7. The van der Waals surface area contributed by atoms with Crippen LogP contribution in [0.4, 0.5) is 5.13 Å². The average molecular weight is 403 g/mol. The van der Waals surface area contributed by atoms with Gasteiger partial charge >= 0.3 is 0 Å². The van der Waals surface area contributed by atoms with E-state index < -0.39 is 0 Å². The van der Waals surface area contributed by atoms with Crippen LogP contribution >= 0.6 is 11.3 Å². The lowest BCUT2D eigenvalue weighted by Gasteiger charge is -2.20. The number of thiazole rings is 1. The van der Waals surface area contributed by atoms with E-state index in [9.17, 15) is 4.79 Å². The van der Waals surface area contributed by atoms with Gasteiger partial charge in [-0.25, -0.2) is 4.98 Å². The minimum atomic E-state index is 0.0251. The molecule has 0 N–H and O–H groups in total. The summed E-state index contributed by atoms with van der Waals surface area (Å²) in [6.07, 6.45) is 0.315. The Balaban J connectivity index is 1.61. The largest absolute Gasteiger partial charge is 0.494 e. The summed E-state index contributed by atoms with van der Waals surface area (Å²) in [5, 5.41) is 0.728. The maximum atomic E-state index is 13.3. The SMILES string of the molecule is CCOc1ccc(CC(=O)N(Cc2ccccc2)c2nc3ccccc3s2)cc1. The highest BCUT2D eigenvalue weighted by molar-refractivity contribution is 7.22. The van der Waals surface area contributed by atoms with Crippen molar-refractivity contribution in [2.45, 2.75) is 19.9 Å². The summed E-state index contributed by atoms with van der Waals surface area (Å²) in [7, 11) is 0. The van der Waals surface area contributed by atoms with Crippen molar-refractivity contribution in [3.8, 4) is 5.75 Å². The minimum Gasteiger partial charge on any atom is -0.494 e. The van der Waals surface area contributed by atoms with Crippen LogP contribution in [0.1, 0.15) is 18.1 Å². The fraction of sp³-hybridized carbons (Fsp3) is 0.167. The summed E-state index contributed by atoms with van der Waals surface area (Å²) in [6.45, 7) is 3.08. The number of aromatic nitrogens is 1. The molecule has 29 heavy (non-hydrogen) atoms. The van der Waals surface area contributed by atoms with Crippen LogP contribution < -0.4 is 9.64 Å². The first kappa shape index (κ1) is 19.2. The second-order valence-corrected chi connectivity index (χ2v) is 7.69. The summed E-state index contributed by atoms with van der Waals surface area (Å²) in [5.41, 5.74) is 2.95. The van der Waals surface area contributed by atoms with E-state index in [4.69, 9.17) is 9.72 Å². The zero-order valence-corrected chi connectivity index (χ0v) is 17.1. The normalized spacial score (nSPS) is 10.8. The van der Waals surface area contributed by atoms with Gasteiger partial charge in [-0.2, -0.15) is 0 Å². The number of anilines is 1. The fourth-order valence-electron chi connectivity index (χ4n) is 3.14. The molecule has 5 heteroatoms. The predicted octanol–water partition coefficient (Wildman–Crippen LogP) is 5.47. The molecule has 1 amide bonds. The predicted molar refractivity (Wildman–Crippen MR) is 119 cm³/mol. The third-order valence-electron chi connectivity index (χ3n) is 4.59. The molecule has 146 valence electrons. The van der Waals surface area contributed by atoms with Gasteiger partial charge < -0.3 is 4.74 Å². The number of carbonyl (C=O) groups excluding carboxylic acids is 1. The van der Waals surface area contributed by atoms with Crippen LogP contribution in [-0.2, 0) is 17.8 Å². The maximum Gasteiger partial charge on any atom is 0.233 e. The zero-order valence-electron chi connectivity index (χ0n) is 16.2. The number of benzene rings is 3. The lowest BCUT2D eigenvalue weighted by molar-refractivity contribution is -0.118. The molecule has 3 aromatic carbocycles. The molecule has 0 atom stereocenters. The molecule has 0 aliphatic carbocycles. The van der Waals surface area contributed by atoms with E-state index >= 15 is 0 Å². The summed E-state index contributed by atoms with van der Waals surface area (Å²) < 4.78 is 6.57. The highest BCUT2D eigenvalue weighted by Gasteiger charge is 2.20. The summed E-state index contributed by atoms with van der Waals surface area (Å²) in [5.74, 6) is 0.841. The molecular formula is C24H22N2O2S. The number of nitrogens with zero attached hydrogens (tertiary/aromatic N) is 2. The van der Waals surface area contributed by atoms with Gasteiger partial charge in [-0.05, 0) is 42.3 Å². The van der Waals surface area contributed by atoms with Crippen LogP contribution in [0.3, 0.4) is 0 Å². The molecule has 0 unspecified atom stereocenters. The maximum absolute atomic E-state index is 13.3. The number of fused-ring (bicyclic) bond motifs is 1. The molecule has 1 heterocycles. The third-order valence-corrected chi connectivity index (χ3v) is 5.65. The van der Waals surface area contributed by atoms with Crippen LogP contribution in [-0.4, -0.2) is 17.5 Å². The van der Waals surface area contributed by atoms with Gasteiger partial charge in [0.25, 0.3) is 0 Å². The Hall–Kier alpha value is -3.18. The molecule has 1 aromatic heterocycles. The molecule has 0 aliphatic heterocycles. The summed E-state index contributed by atoms with van der Waals surface area (Å²) >= 11 is 1.55. The summed E-state index contributed by atoms with van der Waals surface area (Å²) in [6, 6.07) is 25.7. The minimum absolute atomic E-state index is 0.0251. The quantitative estimate of drug-likeness (QED) is 0.412. The highest BCUT2D eigenvalue weighted by atomic mass is 32.1. The van der Waals surface area contributed by atoms with E-state index in [-0.39, 0.29) is 5.91 Å². The smallest absolute Gasteiger partial charge is 0.233 e. The Bertz CT molecular complexity index is 1060. The monoisotopic (exact) mass is 402 g/mol. The molecule has 4 rings (SSSR count). The van der Waals surface area contributed by atoms with Gasteiger partial charge in [-0.1, -0.05) is 65.9 Å². The lowest BCUT2D eigenvalue weighted by Crippen LogP contribution is -2.31. The molecule has 0 saturated heterocycles. The Morgan fingerprint density at radius 2 is 1.66 bits per heavy atom. The average Bonchev–Trinajstić information content (AvgIpc) is 3.18. The molecule has 0 fully saturated rings. The van der Waals surface area contributed by atoms with Gasteiger partial charge in [0.05, 0.1) is 29.8 Å². The fourth-order valence-corrected chi connectivity index (χ4v) is 4.13. The van der Waals surface area contributed by atoms with Crippen LogP contribution in [0, 0.1) is 0 Å². The van der Waals surface area contributed by atoms with Crippen molar-refractivity contribution in [2.75, 3.05) is 11.5 Å². The number of amides is 1. The Morgan fingerprint density at radius 3 is 2.38 bits per heavy atom. The second-order valence-electron chi connectivity index (χ2n) is 6.68. The van der Waals surface area contributed by atoms with Crippen molar-refractivity contribution in [3.05, 3.63) is 90.0 Å². The number of carbonyl (C=O) groups is 1. The molecule has 4 aromatic rings. The summed E-state index contributed by atoms with van der Waals surface area (Å²) in [4.78, 5) is 19.8. The van der Waals surface area contributed by atoms with Crippen molar-refractivity contribution in [2.24, 2.45) is 0 Å². The topological polar surface area (TPSA) is 42.4 Å². The first-order chi connectivity index (χ1) is 14.2. The van der Waals surface area contributed by atoms with Crippen molar-refractivity contribution < 1.29 is 9.53 Å². The van der Waals surface area contributed by atoms with Gasteiger partial charge in [-0.15, -0.1) is 0 Å². The van der Waals surface area contributed by atoms with Crippen LogP contribution in [0.15, 0.2) is 78.9 Å². The van der Waals surface area contributed by atoms with Gasteiger partial charge in [-0.3, -0.25) is 9.69 Å². The zero-order chi connectivity index (χ0) is 20.1. The molecule has 0 radical (unpaired) electrons. The highest BCUT2D eigenvalue weighted by Crippen LogP contribution is 2.30. The molecule has 0 aliphatic rings. The van der Waals surface area contributed by atoms with Crippen molar-refractivity contribution in [3.63, 3.8) is 0 Å². The van der Waals surface area contributed by atoms with E-state index in [0.29, 0.717) is 19.6 Å². The Morgan fingerprint density at radius 1 is 0.931 bits per heavy atom. The van der Waals surface area contributed by atoms with Crippen LogP contribution in [0.2, 0.25) is 0 Å². The van der Waals surface area contributed by atoms with Gasteiger partial charge in [0.15, 0.2) is 5.13 Å². The molecular weight excluding hydrogens is 380 g/mol.